The SMILES string of the molecule is c1ccc(-c2c3ccccc3c(-c3cc4cccc5sc6cccc3c6c45)c3ccccc23)c(-c2ccc3c(c2)sc2ccccc23)c1. The van der Waals surface area contributed by atoms with Crippen molar-refractivity contribution >= 4 is 95.3 Å². The van der Waals surface area contributed by atoms with Crippen LogP contribution in [0, 0.1) is 0 Å². The zero-order valence-electron chi connectivity index (χ0n) is 25.8. The minimum absolute atomic E-state index is 1.25. The molecule has 0 nitrogen and oxygen atoms in total. The molecule has 0 fully saturated rings. The van der Waals surface area contributed by atoms with E-state index in [-0.39, 0.29) is 0 Å². The van der Waals surface area contributed by atoms with E-state index in [1.54, 1.807) is 0 Å². The highest BCUT2D eigenvalue weighted by molar-refractivity contribution is 7.26. The third-order valence-corrected chi connectivity index (χ3v) is 12.5. The first kappa shape index (κ1) is 26.5. The average molecular weight is 643 g/mol. The van der Waals surface area contributed by atoms with Crippen molar-refractivity contribution in [1.29, 1.82) is 0 Å². The van der Waals surface area contributed by atoms with Crippen LogP contribution in [0.5, 0.6) is 0 Å². The second-order valence-electron chi connectivity index (χ2n) is 12.8. The predicted molar refractivity (Wildman–Crippen MR) is 212 cm³/mol. The first-order valence-electron chi connectivity index (χ1n) is 16.4. The van der Waals surface area contributed by atoms with Crippen molar-refractivity contribution in [3.8, 4) is 33.4 Å². The van der Waals surface area contributed by atoms with Gasteiger partial charge in [0, 0.05) is 40.3 Å². The molecule has 2 heterocycles. The Bertz CT molecular complexity index is 3010. The smallest absolute Gasteiger partial charge is 0.0361 e. The lowest BCUT2D eigenvalue weighted by Gasteiger charge is -2.21. The minimum Gasteiger partial charge on any atom is -0.135 e. The van der Waals surface area contributed by atoms with Crippen LogP contribution in [0.15, 0.2) is 158 Å². The van der Waals surface area contributed by atoms with Gasteiger partial charge in [0.1, 0.15) is 0 Å². The Kier molecular flexibility index (Phi) is 5.51. The Balaban J connectivity index is 1.23. The average Bonchev–Trinajstić information content (AvgIpc) is 3.72. The summed E-state index contributed by atoms with van der Waals surface area (Å²) in [5.41, 5.74) is 7.70. The molecule has 48 heavy (non-hydrogen) atoms. The van der Waals surface area contributed by atoms with Crippen molar-refractivity contribution in [2.75, 3.05) is 0 Å². The summed E-state index contributed by atoms with van der Waals surface area (Å²) in [6, 6.07) is 58.9. The van der Waals surface area contributed by atoms with Gasteiger partial charge in [0.05, 0.1) is 0 Å². The Morgan fingerprint density at radius 2 is 0.812 bits per heavy atom. The van der Waals surface area contributed by atoms with E-state index >= 15 is 0 Å². The van der Waals surface area contributed by atoms with Crippen LogP contribution >= 0.6 is 22.7 Å². The summed E-state index contributed by atoms with van der Waals surface area (Å²) in [7, 11) is 0. The van der Waals surface area contributed by atoms with Crippen molar-refractivity contribution in [3.05, 3.63) is 158 Å². The van der Waals surface area contributed by atoms with Gasteiger partial charge in [0.25, 0.3) is 0 Å². The molecule has 2 heteroatoms. The fraction of sp³-hybridized carbons (Fsp3) is 0. The van der Waals surface area contributed by atoms with Gasteiger partial charge >= 0.3 is 0 Å². The fourth-order valence-corrected chi connectivity index (χ4v) is 10.5. The number of hydrogen-bond donors (Lipinski definition) is 0. The molecule has 0 spiro atoms. The van der Waals surface area contributed by atoms with Crippen molar-refractivity contribution in [2.45, 2.75) is 0 Å². The zero-order chi connectivity index (χ0) is 31.3. The Morgan fingerprint density at radius 3 is 1.56 bits per heavy atom. The Morgan fingerprint density at radius 1 is 0.292 bits per heavy atom. The summed E-state index contributed by atoms with van der Waals surface area (Å²) >= 11 is 3.78. The highest BCUT2D eigenvalue weighted by Gasteiger charge is 2.22. The summed E-state index contributed by atoms with van der Waals surface area (Å²) in [5.74, 6) is 0. The van der Waals surface area contributed by atoms with Crippen LogP contribution in [0.3, 0.4) is 0 Å². The lowest BCUT2D eigenvalue weighted by atomic mass is 9.82. The molecule has 11 aromatic rings. The molecular formula is C46H26S2. The van der Waals surface area contributed by atoms with Gasteiger partial charge < -0.3 is 0 Å². The topological polar surface area (TPSA) is 0 Å². The molecule has 0 bridgehead atoms. The van der Waals surface area contributed by atoms with Crippen LogP contribution in [0.1, 0.15) is 0 Å². The second kappa shape index (κ2) is 9.98. The number of benzene rings is 9. The van der Waals surface area contributed by atoms with Gasteiger partial charge in [0.2, 0.25) is 0 Å². The summed E-state index contributed by atoms with van der Waals surface area (Å²) in [6.07, 6.45) is 0. The third-order valence-electron chi connectivity index (χ3n) is 10.2. The first-order valence-corrected chi connectivity index (χ1v) is 18.1. The van der Waals surface area contributed by atoms with Crippen LogP contribution < -0.4 is 0 Å². The number of fused-ring (bicyclic) bond motifs is 5. The largest absolute Gasteiger partial charge is 0.135 e. The van der Waals surface area contributed by atoms with E-state index in [2.05, 4.69) is 158 Å². The number of rotatable bonds is 3. The molecule has 0 aliphatic rings. The maximum Gasteiger partial charge on any atom is 0.0361 e. The molecule has 0 amide bonds. The van der Waals surface area contributed by atoms with Gasteiger partial charge in [-0.3, -0.25) is 0 Å². The van der Waals surface area contributed by atoms with E-state index in [1.807, 2.05) is 22.7 Å². The summed E-state index contributed by atoms with van der Waals surface area (Å²) in [6.45, 7) is 0. The summed E-state index contributed by atoms with van der Waals surface area (Å²) in [4.78, 5) is 0. The molecule has 0 unspecified atom stereocenters. The molecular weight excluding hydrogens is 617 g/mol. The highest BCUT2D eigenvalue weighted by atomic mass is 32.1. The van der Waals surface area contributed by atoms with Crippen LogP contribution in [0.2, 0.25) is 0 Å². The molecule has 2 aromatic heterocycles. The van der Waals surface area contributed by atoms with Gasteiger partial charge in [-0.2, -0.15) is 0 Å². The zero-order valence-corrected chi connectivity index (χ0v) is 27.5. The van der Waals surface area contributed by atoms with Gasteiger partial charge in [-0.1, -0.05) is 127 Å². The van der Waals surface area contributed by atoms with Crippen molar-refractivity contribution in [2.24, 2.45) is 0 Å². The maximum atomic E-state index is 2.44. The van der Waals surface area contributed by atoms with Crippen molar-refractivity contribution < 1.29 is 0 Å². The minimum atomic E-state index is 1.25. The van der Waals surface area contributed by atoms with Crippen LogP contribution in [-0.2, 0) is 0 Å². The lowest BCUT2D eigenvalue weighted by molar-refractivity contribution is 1.63. The van der Waals surface area contributed by atoms with E-state index in [4.69, 9.17) is 0 Å². The van der Waals surface area contributed by atoms with Gasteiger partial charge in [-0.25, -0.2) is 0 Å². The summed E-state index contributed by atoms with van der Waals surface area (Å²) < 4.78 is 5.38. The Labute approximate surface area is 285 Å². The third kappa shape index (κ3) is 3.65. The van der Waals surface area contributed by atoms with E-state index in [0.717, 1.165) is 0 Å². The highest BCUT2D eigenvalue weighted by Crippen LogP contribution is 2.50. The van der Waals surface area contributed by atoms with Crippen LogP contribution in [-0.4, -0.2) is 0 Å². The van der Waals surface area contributed by atoms with E-state index in [1.165, 1.54) is 106 Å². The van der Waals surface area contributed by atoms with E-state index in [0.29, 0.717) is 0 Å². The maximum absolute atomic E-state index is 2.44. The second-order valence-corrected chi connectivity index (χ2v) is 14.9. The normalized spacial score (nSPS) is 12.2. The molecule has 0 saturated carbocycles. The Hall–Kier alpha value is -5.54. The lowest BCUT2D eigenvalue weighted by Crippen LogP contribution is -1.93. The standard InChI is InChI=1S/C46H26S2/c1-2-14-32(29(12-1)27-23-24-31-30-13-7-8-20-39(30)47-42(31)26-27)44-33-15-3-5-17-35(33)45(36-18-6-4-16-34(36)44)38-25-28-11-9-21-40-43(28)46-37(38)19-10-22-41(46)48-40/h1-26H. The molecule has 9 aromatic carbocycles. The molecule has 11 rings (SSSR count). The molecule has 0 saturated heterocycles. The first-order chi connectivity index (χ1) is 23.8. The quantitative estimate of drug-likeness (QED) is 0.133. The number of thiophene rings is 2. The van der Waals surface area contributed by atoms with Crippen LogP contribution in [0.25, 0.3) is 106 Å². The van der Waals surface area contributed by atoms with Crippen LogP contribution in [0.4, 0.5) is 0 Å². The fourth-order valence-electron chi connectivity index (χ4n) is 8.23. The molecule has 0 aliphatic heterocycles. The van der Waals surface area contributed by atoms with Crippen molar-refractivity contribution in [1.82, 2.24) is 0 Å². The van der Waals surface area contributed by atoms with E-state index < -0.39 is 0 Å². The molecule has 0 N–H and O–H groups in total. The summed E-state index contributed by atoms with van der Waals surface area (Å²) in [5, 5.41) is 13.2. The predicted octanol–water partition coefficient (Wildman–Crippen LogP) is 14.3. The molecule has 0 atom stereocenters. The van der Waals surface area contributed by atoms with Gasteiger partial charge in [-0.05, 0) is 96.0 Å². The number of hydrogen-bond acceptors (Lipinski definition) is 2. The van der Waals surface area contributed by atoms with Crippen molar-refractivity contribution in [3.63, 3.8) is 0 Å². The monoisotopic (exact) mass is 642 g/mol. The molecule has 222 valence electrons. The van der Waals surface area contributed by atoms with Gasteiger partial charge in [-0.15, -0.1) is 22.7 Å². The van der Waals surface area contributed by atoms with Gasteiger partial charge in [0.15, 0.2) is 0 Å². The molecule has 0 radical (unpaired) electrons. The van der Waals surface area contributed by atoms with E-state index in [9.17, 15) is 0 Å². The molecule has 0 aliphatic carbocycles.